The van der Waals surface area contributed by atoms with E-state index in [0.717, 1.165) is 22.3 Å². The zero-order valence-corrected chi connectivity index (χ0v) is 18.3. The predicted molar refractivity (Wildman–Crippen MR) is 127 cm³/mol. The topological polar surface area (TPSA) is 67.2 Å². The number of benzene rings is 3. The lowest BCUT2D eigenvalue weighted by molar-refractivity contribution is -0.119. The number of carbonyl (C=O) groups excluding carboxylic acids is 2. The molecule has 0 aliphatic carbocycles. The van der Waals surface area contributed by atoms with Gasteiger partial charge in [0.1, 0.15) is 12.4 Å². The summed E-state index contributed by atoms with van der Waals surface area (Å²) < 4.78 is 1.89. The normalized spacial score (nSPS) is 10.8. The fourth-order valence-electron chi connectivity index (χ4n) is 3.82. The second-order valence-corrected chi connectivity index (χ2v) is 7.63. The number of hydrogen-bond acceptors (Lipinski definition) is 3. The van der Waals surface area contributed by atoms with Gasteiger partial charge in [-0.1, -0.05) is 48.0 Å². The van der Waals surface area contributed by atoms with Gasteiger partial charge >= 0.3 is 0 Å². The van der Waals surface area contributed by atoms with Gasteiger partial charge in [-0.05, 0) is 50.2 Å². The maximum Gasteiger partial charge on any atom is 0.251 e. The molecule has 0 radical (unpaired) electrons. The van der Waals surface area contributed by atoms with Gasteiger partial charge in [0.2, 0.25) is 5.91 Å². The van der Waals surface area contributed by atoms with Crippen molar-refractivity contribution in [2.24, 2.45) is 0 Å². The maximum absolute atomic E-state index is 13.2. The molecule has 6 heteroatoms. The second kappa shape index (κ2) is 9.47. The SMILES string of the molecule is CCN(C(=O)Cn1c(CNC(=O)c2cccc(C)c2)nc2ccccc21)c1ccccc1. The Morgan fingerprint density at radius 3 is 2.47 bits per heavy atom. The van der Waals surface area contributed by atoms with Gasteiger partial charge in [0.05, 0.1) is 17.6 Å². The number of fused-ring (bicyclic) bond motifs is 1. The highest BCUT2D eigenvalue weighted by Crippen LogP contribution is 2.19. The number of rotatable bonds is 7. The smallest absolute Gasteiger partial charge is 0.251 e. The minimum atomic E-state index is -0.168. The Hall–Kier alpha value is -3.93. The monoisotopic (exact) mass is 426 g/mol. The van der Waals surface area contributed by atoms with Crippen molar-refractivity contribution < 1.29 is 9.59 Å². The quantitative estimate of drug-likeness (QED) is 0.478. The lowest BCUT2D eigenvalue weighted by Crippen LogP contribution is -2.34. The summed E-state index contributed by atoms with van der Waals surface area (Å²) >= 11 is 0. The fraction of sp³-hybridized carbons (Fsp3) is 0.192. The second-order valence-electron chi connectivity index (χ2n) is 7.63. The Kier molecular flexibility index (Phi) is 6.31. The minimum absolute atomic E-state index is 0.0342. The van der Waals surface area contributed by atoms with Crippen molar-refractivity contribution in [1.82, 2.24) is 14.9 Å². The number of aryl methyl sites for hydroxylation is 1. The van der Waals surface area contributed by atoms with Gasteiger partial charge in [-0.3, -0.25) is 9.59 Å². The highest BCUT2D eigenvalue weighted by atomic mass is 16.2. The van der Waals surface area contributed by atoms with Crippen molar-refractivity contribution in [1.29, 1.82) is 0 Å². The van der Waals surface area contributed by atoms with Gasteiger partial charge < -0.3 is 14.8 Å². The summed E-state index contributed by atoms with van der Waals surface area (Å²) in [4.78, 5) is 32.3. The molecule has 4 rings (SSSR count). The molecule has 4 aromatic rings. The number of likely N-dealkylation sites (N-methyl/N-ethyl adjacent to an activating group) is 1. The minimum Gasteiger partial charge on any atom is -0.345 e. The number of nitrogens with zero attached hydrogens (tertiary/aromatic N) is 3. The molecule has 1 N–H and O–H groups in total. The molecule has 162 valence electrons. The van der Waals surface area contributed by atoms with Crippen LogP contribution in [0.5, 0.6) is 0 Å². The summed E-state index contributed by atoms with van der Waals surface area (Å²) in [6, 6.07) is 24.8. The molecule has 0 bridgehead atoms. The van der Waals surface area contributed by atoms with E-state index in [9.17, 15) is 9.59 Å². The maximum atomic E-state index is 13.2. The summed E-state index contributed by atoms with van der Waals surface area (Å²) in [6.07, 6.45) is 0. The van der Waals surface area contributed by atoms with Gasteiger partial charge in [0.25, 0.3) is 5.91 Å². The summed E-state index contributed by atoms with van der Waals surface area (Å²) in [5.74, 6) is 0.441. The lowest BCUT2D eigenvalue weighted by atomic mass is 10.1. The number of aromatic nitrogens is 2. The standard InChI is InChI=1S/C26H26N4O2/c1-3-29(21-12-5-4-6-13-21)25(31)18-30-23-15-8-7-14-22(23)28-24(30)17-27-26(32)20-11-9-10-19(2)16-20/h4-16H,3,17-18H2,1-2H3,(H,27,32). The Labute approximate surface area is 187 Å². The zero-order valence-electron chi connectivity index (χ0n) is 18.3. The first-order valence-corrected chi connectivity index (χ1v) is 10.7. The molecule has 6 nitrogen and oxygen atoms in total. The number of amides is 2. The average Bonchev–Trinajstić information content (AvgIpc) is 3.16. The Morgan fingerprint density at radius 1 is 0.969 bits per heavy atom. The van der Waals surface area contributed by atoms with Crippen molar-refractivity contribution in [3.8, 4) is 0 Å². The molecule has 2 amide bonds. The van der Waals surface area contributed by atoms with E-state index in [1.54, 1.807) is 11.0 Å². The van der Waals surface area contributed by atoms with E-state index in [2.05, 4.69) is 10.3 Å². The molecule has 0 fully saturated rings. The summed E-state index contributed by atoms with van der Waals surface area (Å²) in [7, 11) is 0. The first kappa shape index (κ1) is 21.3. The molecular formula is C26H26N4O2. The molecule has 3 aromatic carbocycles. The van der Waals surface area contributed by atoms with E-state index < -0.39 is 0 Å². The molecule has 1 aromatic heterocycles. The predicted octanol–water partition coefficient (Wildman–Crippen LogP) is 4.33. The van der Waals surface area contributed by atoms with Crippen molar-refractivity contribution in [2.45, 2.75) is 26.9 Å². The molecule has 0 aliphatic rings. The highest BCUT2D eigenvalue weighted by Gasteiger charge is 2.19. The van der Waals surface area contributed by atoms with E-state index in [0.29, 0.717) is 17.9 Å². The molecule has 0 saturated carbocycles. The van der Waals surface area contributed by atoms with E-state index in [1.165, 1.54) is 0 Å². The third-order valence-corrected chi connectivity index (χ3v) is 5.40. The molecule has 0 unspecified atom stereocenters. The number of carbonyl (C=O) groups is 2. The van der Waals surface area contributed by atoms with Gasteiger partial charge in [-0.2, -0.15) is 0 Å². The van der Waals surface area contributed by atoms with Crippen molar-refractivity contribution in [3.63, 3.8) is 0 Å². The van der Waals surface area contributed by atoms with Crippen LogP contribution in [0.2, 0.25) is 0 Å². The number of nitrogens with one attached hydrogen (secondary N) is 1. The van der Waals surface area contributed by atoms with Crippen LogP contribution in [0.1, 0.15) is 28.7 Å². The third kappa shape index (κ3) is 4.54. The van der Waals surface area contributed by atoms with Gasteiger partial charge in [-0.15, -0.1) is 0 Å². The number of hydrogen-bond donors (Lipinski definition) is 1. The van der Waals surface area contributed by atoms with Crippen molar-refractivity contribution >= 4 is 28.5 Å². The molecule has 32 heavy (non-hydrogen) atoms. The fourth-order valence-corrected chi connectivity index (χ4v) is 3.82. The number of anilines is 1. The summed E-state index contributed by atoms with van der Waals surface area (Å²) in [5.41, 5.74) is 4.15. The molecule has 0 atom stereocenters. The van der Waals surface area contributed by atoms with Gasteiger partial charge in [0, 0.05) is 17.8 Å². The van der Waals surface area contributed by atoms with E-state index in [1.807, 2.05) is 91.2 Å². The molecular weight excluding hydrogens is 400 g/mol. The Balaban J connectivity index is 1.59. The van der Waals surface area contributed by atoms with Gasteiger partial charge in [0.15, 0.2) is 0 Å². The molecule has 1 heterocycles. The first-order valence-electron chi connectivity index (χ1n) is 10.7. The number of imidazole rings is 1. The molecule has 0 aliphatic heterocycles. The van der Waals surface area contributed by atoms with Gasteiger partial charge in [-0.25, -0.2) is 4.98 Å². The average molecular weight is 427 g/mol. The Morgan fingerprint density at radius 2 is 1.72 bits per heavy atom. The lowest BCUT2D eigenvalue weighted by Gasteiger charge is -2.22. The molecule has 0 saturated heterocycles. The van der Waals surface area contributed by atoms with Crippen molar-refractivity contribution in [2.75, 3.05) is 11.4 Å². The van der Waals surface area contributed by atoms with Crippen molar-refractivity contribution in [3.05, 3.63) is 95.8 Å². The summed E-state index contributed by atoms with van der Waals surface area (Å²) in [5, 5.41) is 2.94. The van der Waals surface area contributed by atoms with Crippen LogP contribution in [0, 0.1) is 6.92 Å². The third-order valence-electron chi connectivity index (χ3n) is 5.40. The van der Waals surface area contributed by atoms with Crippen LogP contribution in [0.3, 0.4) is 0 Å². The van der Waals surface area contributed by atoms with Crippen LogP contribution in [0.25, 0.3) is 11.0 Å². The van der Waals surface area contributed by atoms with Crippen LogP contribution in [-0.4, -0.2) is 27.9 Å². The van der Waals surface area contributed by atoms with Crippen LogP contribution < -0.4 is 10.2 Å². The van der Waals surface area contributed by atoms with E-state index in [-0.39, 0.29) is 24.9 Å². The van der Waals surface area contributed by atoms with Crippen LogP contribution in [0.15, 0.2) is 78.9 Å². The first-order chi connectivity index (χ1) is 15.6. The van der Waals surface area contributed by atoms with Crippen LogP contribution in [0.4, 0.5) is 5.69 Å². The zero-order chi connectivity index (χ0) is 22.5. The molecule has 0 spiro atoms. The largest absolute Gasteiger partial charge is 0.345 e. The Bertz CT molecular complexity index is 1250. The number of para-hydroxylation sites is 3. The summed E-state index contributed by atoms with van der Waals surface area (Å²) in [6.45, 7) is 4.84. The van der Waals surface area contributed by atoms with E-state index >= 15 is 0 Å². The van der Waals surface area contributed by atoms with Crippen LogP contribution in [-0.2, 0) is 17.9 Å². The van der Waals surface area contributed by atoms with Crippen LogP contribution >= 0.6 is 0 Å². The highest BCUT2D eigenvalue weighted by molar-refractivity contribution is 5.95. The van der Waals surface area contributed by atoms with E-state index in [4.69, 9.17) is 0 Å².